The summed E-state index contributed by atoms with van der Waals surface area (Å²) < 4.78 is 0. The predicted octanol–water partition coefficient (Wildman–Crippen LogP) is -2.94. The lowest BCUT2D eigenvalue weighted by Gasteiger charge is -2.25. The van der Waals surface area contributed by atoms with Crippen molar-refractivity contribution >= 4 is 35.5 Å². The highest BCUT2D eigenvalue weighted by atomic mass is 16.4. The first-order valence-corrected chi connectivity index (χ1v) is 9.70. The van der Waals surface area contributed by atoms with Crippen LogP contribution in [0, 0.1) is 5.92 Å². The minimum atomic E-state index is -1.31. The Bertz CT molecular complexity index is 697. The molecule has 4 unspecified atom stereocenters. The van der Waals surface area contributed by atoms with Gasteiger partial charge in [0.25, 0.3) is 0 Å². The molecule has 0 fully saturated rings. The number of rotatable bonds is 14. The van der Waals surface area contributed by atoms with E-state index in [4.69, 9.17) is 22.3 Å². The third-order valence-corrected chi connectivity index (χ3v) is 4.14. The highest BCUT2D eigenvalue weighted by molar-refractivity contribution is 5.95. The molecular weight excluding hydrogens is 412 g/mol. The number of hydrogen-bond acceptors (Lipinski definition) is 7. The second-order valence-corrected chi connectivity index (χ2v) is 7.60. The summed E-state index contributed by atoms with van der Waals surface area (Å²) in [4.78, 5) is 70.4. The van der Waals surface area contributed by atoms with E-state index in [0.29, 0.717) is 0 Å². The van der Waals surface area contributed by atoms with Crippen molar-refractivity contribution in [1.82, 2.24) is 16.0 Å². The summed E-state index contributed by atoms with van der Waals surface area (Å²) in [6, 6.07) is -4.87. The summed E-state index contributed by atoms with van der Waals surface area (Å²) in [7, 11) is 0. The zero-order valence-electron chi connectivity index (χ0n) is 17.8. The summed E-state index contributed by atoms with van der Waals surface area (Å²) in [5.41, 5.74) is 15.7. The van der Waals surface area contributed by atoms with E-state index in [1.807, 2.05) is 0 Å². The number of hydrogen-bond donors (Lipinski definition) is 7. The molecule has 0 aliphatic heterocycles. The molecule has 0 aromatic rings. The third-order valence-electron chi connectivity index (χ3n) is 4.14. The first-order valence-electron chi connectivity index (χ1n) is 9.70. The summed E-state index contributed by atoms with van der Waals surface area (Å²) in [5.74, 6) is -5.21. The van der Waals surface area contributed by atoms with E-state index in [1.54, 1.807) is 13.8 Å². The molecule has 0 aromatic heterocycles. The van der Waals surface area contributed by atoms with Crippen molar-refractivity contribution in [3.63, 3.8) is 0 Å². The van der Waals surface area contributed by atoms with E-state index in [-0.39, 0.29) is 25.2 Å². The van der Waals surface area contributed by atoms with Crippen LogP contribution in [0.25, 0.3) is 0 Å². The molecule has 13 heteroatoms. The Morgan fingerprint density at radius 3 is 1.77 bits per heavy atom. The molecule has 0 saturated heterocycles. The van der Waals surface area contributed by atoms with Crippen LogP contribution in [0.2, 0.25) is 0 Å². The zero-order valence-corrected chi connectivity index (χ0v) is 17.8. The van der Waals surface area contributed by atoms with Gasteiger partial charge in [-0.1, -0.05) is 13.8 Å². The van der Waals surface area contributed by atoms with Crippen LogP contribution in [-0.4, -0.2) is 64.8 Å². The Morgan fingerprint density at radius 2 is 1.32 bits per heavy atom. The van der Waals surface area contributed by atoms with Crippen molar-refractivity contribution in [2.75, 3.05) is 0 Å². The van der Waals surface area contributed by atoms with Gasteiger partial charge in [-0.05, 0) is 25.7 Å². The Balaban J connectivity index is 5.42. The molecule has 0 aromatic carbocycles. The van der Waals surface area contributed by atoms with E-state index >= 15 is 0 Å². The van der Waals surface area contributed by atoms with Crippen LogP contribution in [0.15, 0.2) is 0 Å². The van der Waals surface area contributed by atoms with E-state index in [2.05, 4.69) is 16.0 Å². The number of carbonyl (C=O) groups excluding carboxylic acids is 5. The summed E-state index contributed by atoms with van der Waals surface area (Å²) in [5, 5.41) is 16.0. The SMILES string of the molecule is CC(C)CC(NC(=O)C(CCC(N)=O)NC(=O)C(N)CC(N)=O)C(=O)NC(C)C(=O)O. The molecule has 5 amide bonds. The van der Waals surface area contributed by atoms with Crippen LogP contribution in [0.4, 0.5) is 0 Å². The van der Waals surface area contributed by atoms with E-state index < -0.39 is 66.1 Å². The number of nitrogens with two attached hydrogens (primary N) is 3. The molecule has 0 rings (SSSR count). The van der Waals surface area contributed by atoms with Crippen molar-refractivity contribution in [2.24, 2.45) is 23.1 Å². The minimum absolute atomic E-state index is 0.0427. The molecule has 0 aliphatic rings. The molecule has 0 aliphatic carbocycles. The molecule has 31 heavy (non-hydrogen) atoms. The largest absolute Gasteiger partial charge is 0.480 e. The van der Waals surface area contributed by atoms with Gasteiger partial charge < -0.3 is 38.3 Å². The van der Waals surface area contributed by atoms with Crippen LogP contribution in [0.3, 0.4) is 0 Å². The Kier molecular flexibility index (Phi) is 11.8. The van der Waals surface area contributed by atoms with Gasteiger partial charge in [0.2, 0.25) is 29.5 Å². The Morgan fingerprint density at radius 1 is 0.806 bits per heavy atom. The van der Waals surface area contributed by atoms with Crippen molar-refractivity contribution in [1.29, 1.82) is 0 Å². The van der Waals surface area contributed by atoms with Gasteiger partial charge in [0.1, 0.15) is 18.1 Å². The highest BCUT2D eigenvalue weighted by Gasteiger charge is 2.30. The number of carbonyl (C=O) groups is 6. The maximum Gasteiger partial charge on any atom is 0.325 e. The summed E-state index contributed by atoms with van der Waals surface area (Å²) in [6.45, 7) is 4.86. The summed E-state index contributed by atoms with van der Waals surface area (Å²) in [6.07, 6.45) is -0.707. The van der Waals surface area contributed by atoms with Crippen molar-refractivity contribution < 1.29 is 33.9 Å². The number of primary amides is 2. The minimum Gasteiger partial charge on any atom is -0.480 e. The topological polar surface area (TPSA) is 237 Å². The first kappa shape index (κ1) is 27.8. The molecule has 0 heterocycles. The fraction of sp³-hybridized carbons (Fsp3) is 0.667. The molecular formula is C18H32N6O7. The number of carboxylic acids is 1. The van der Waals surface area contributed by atoms with Crippen LogP contribution in [0.5, 0.6) is 0 Å². The molecule has 176 valence electrons. The molecule has 10 N–H and O–H groups in total. The molecule has 13 nitrogen and oxygen atoms in total. The van der Waals surface area contributed by atoms with Gasteiger partial charge in [0.15, 0.2) is 0 Å². The maximum atomic E-state index is 12.7. The predicted molar refractivity (Wildman–Crippen MR) is 109 cm³/mol. The van der Waals surface area contributed by atoms with Crippen molar-refractivity contribution in [3.8, 4) is 0 Å². The number of carboxylic acid groups (broad SMARTS) is 1. The molecule has 0 saturated carbocycles. The second-order valence-electron chi connectivity index (χ2n) is 7.60. The highest BCUT2D eigenvalue weighted by Crippen LogP contribution is 2.07. The number of nitrogens with one attached hydrogen (secondary N) is 3. The fourth-order valence-electron chi connectivity index (χ4n) is 2.49. The van der Waals surface area contributed by atoms with Crippen LogP contribution >= 0.6 is 0 Å². The van der Waals surface area contributed by atoms with Crippen molar-refractivity contribution in [2.45, 2.75) is 70.6 Å². The first-order chi connectivity index (χ1) is 14.2. The summed E-state index contributed by atoms with van der Waals surface area (Å²) >= 11 is 0. The smallest absolute Gasteiger partial charge is 0.325 e. The molecule has 4 atom stereocenters. The average molecular weight is 444 g/mol. The zero-order chi connectivity index (χ0) is 24.3. The van der Waals surface area contributed by atoms with E-state index in [0.717, 1.165) is 0 Å². The lowest BCUT2D eigenvalue weighted by molar-refractivity contribution is -0.142. The fourth-order valence-corrected chi connectivity index (χ4v) is 2.49. The Labute approximate surface area is 179 Å². The van der Waals surface area contributed by atoms with Gasteiger partial charge in [-0.25, -0.2) is 0 Å². The lowest BCUT2D eigenvalue weighted by atomic mass is 10.0. The monoisotopic (exact) mass is 444 g/mol. The lowest BCUT2D eigenvalue weighted by Crippen LogP contribution is -2.57. The van der Waals surface area contributed by atoms with E-state index in [9.17, 15) is 28.8 Å². The van der Waals surface area contributed by atoms with Gasteiger partial charge in [-0.15, -0.1) is 0 Å². The molecule has 0 spiro atoms. The van der Waals surface area contributed by atoms with Crippen LogP contribution < -0.4 is 33.2 Å². The number of aliphatic carboxylic acids is 1. The van der Waals surface area contributed by atoms with Crippen LogP contribution in [-0.2, 0) is 28.8 Å². The van der Waals surface area contributed by atoms with E-state index in [1.165, 1.54) is 6.92 Å². The quantitative estimate of drug-likeness (QED) is 0.146. The number of amides is 5. The standard InChI is InChI=1S/C18H32N6O7/c1-8(2)6-12(17(29)22-9(3)18(30)31)24-16(28)11(4-5-13(20)25)23-15(27)10(19)7-14(21)26/h8-12H,4-7,19H2,1-3H3,(H2,20,25)(H2,21,26)(H,22,29)(H,23,27)(H,24,28)(H,30,31). The van der Waals surface area contributed by atoms with Crippen LogP contribution in [0.1, 0.15) is 46.5 Å². The Hall–Kier alpha value is -3.22. The van der Waals surface area contributed by atoms with Crippen molar-refractivity contribution in [3.05, 3.63) is 0 Å². The van der Waals surface area contributed by atoms with Gasteiger partial charge in [0.05, 0.1) is 12.5 Å². The van der Waals surface area contributed by atoms with Gasteiger partial charge >= 0.3 is 5.97 Å². The van der Waals surface area contributed by atoms with Gasteiger partial charge in [-0.2, -0.15) is 0 Å². The normalized spacial score (nSPS) is 14.6. The third kappa shape index (κ3) is 11.5. The average Bonchev–Trinajstić information content (AvgIpc) is 2.62. The van der Waals surface area contributed by atoms with Gasteiger partial charge in [0, 0.05) is 6.42 Å². The van der Waals surface area contributed by atoms with Gasteiger partial charge in [-0.3, -0.25) is 28.8 Å². The molecule has 0 bridgehead atoms. The maximum absolute atomic E-state index is 12.7. The molecule has 0 radical (unpaired) electrons. The second kappa shape index (κ2) is 13.2.